The number of nitrogens with two attached hydrogens (primary N) is 1. The van der Waals surface area contributed by atoms with Gasteiger partial charge in [0.1, 0.15) is 5.82 Å². The van der Waals surface area contributed by atoms with Gasteiger partial charge < -0.3 is 15.4 Å². The number of hydrogen-bond donors (Lipinski definition) is 1. The van der Waals surface area contributed by atoms with Crippen molar-refractivity contribution >= 4 is 5.91 Å². The van der Waals surface area contributed by atoms with Crippen molar-refractivity contribution in [1.29, 1.82) is 0 Å². The third-order valence-electron chi connectivity index (χ3n) is 5.36. The molecule has 2 heterocycles. The molecule has 2 aliphatic heterocycles. The average Bonchev–Trinajstić information content (AvgIpc) is 2.68. The van der Waals surface area contributed by atoms with E-state index in [9.17, 15) is 9.18 Å². The topological polar surface area (TPSA) is 55.6 Å². The van der Waals surface area contributed by atoms with Crippen LogP contribution in [-0.4, -0.2) is 36.1 Å². The molecular weight excluding hydrogens is 331 g/mol. The summed E-state index contributed by atoms with van der Waals surface area (Å²) in [6, 6.07) is 14.0. The number of amides is 1. The lowest BCUT2D eigenvalue weighted by atomic mass is 9.87. The van der Waals surface area contributed by atoms with Gasteiger partial charge >= 0.3 is 0 Å². The summed E-state index contributed by atoms with van der Waals surface area (Å²) >= 11 is 0. The lowest BCUT2D eigenvalue weighted by Gasteiger charge is -2.41. The van der Waals surface area contributed by atoms with Crippen LogP contribution in [0.1, 0.15) is 35.6 Å². The van der Waals surface area contributed by atoms with E-state index in [0.29, 0.717) is 13.2 Å². The van der Waals surface area contributed by atoms with Crippen LogP contribution in [0.3, 0.4) is 0 Å². The Labute approximate surface area is 152 Å². The fourth-order valence-corrected chi connectivity index (χ4v) is 4.03. The number of nitrogens with zero attached hydrogens (tertiary/aromatic N) is 1. The van der Waals surface area contributed by atoms with E-state index in [4.69, 9.17) is 10.5 Å². The third kappa shape index (κ3) is 3.13. The minimum atomic E-state index is -0.600. The molecule has 136 valence electrons. The Balaban J connectivity index is 1.73. The van der Waals surface area contributed by atoms with Crippen molar-refractivity contribution in [3.05, 3.63) is 71.0 Å². The summed E-state index contributed by atoms with van der Waals surface area (Å²) in [4.78, 5) is 15.1. The summed E-state index contributed by atoms with van der Waals surface area (Å²) in [5.74, 6) is -0.352. The molecule has 2 N–H and O–H groups in total. The first-order chi connectivity index (χ1) is 12.6. The fourth-order valence-electron chi connectivity index (χ4n) is 4.03. The van der Waals surface area contributed by atoms with Crippen LogP contribution in [0.5, 0.6) is 0 Å². The first kappa shape index (κ1) is 17.2. The van der Waals surface area contributed by atoms with Crippen molar-refractivity contribution in [2.75, 3.05) is 13.2 Å². The van der Waals surface area contributed by atoms with Crippen LogP contribution in [0.15, 0.2) is 48.5 Å². The van der Waals surface area contributed by atoms with E-state index in [1.54, 1.807) is 12.1 Å². The van der Waals surface area contributed by atoms with Gasteiger partial charge in [0, 0.05) is 19.2 Å². The molecule has 0 bridgehead atoms. The first-order valence-corrected chi connectivity index (χ1v) is 9.16. The highest BCUT2D eigenvalue weighted by molar-refractivity contribution is 5.83. The molecule has 4 rings (SSSR count). The summed E-state index contributed by atoms with van der Waals surface area (Å²) < 4.78 is 19.2. The largest absolute Gasteiger partial charge is 0.367 e. The third-order valence-corrected chi connectivity index (χ3v) is 5.36. The molecule has 2 aliphatic rings. The van der Waals surface area contributed by atoms with Crippen molar-refractivity contribution in [3.8, 4) is 0 Å². The van der Waals surface area contributed by atoms with E-state index in [0.717, 1.165) is 30.4 Å². The molecule has 26 heavy (non-hydrogen) atoms. The Morgan fingerprint density at radius 2 is 1.92 bits per heavy atom. The molecule has 0 aliphatic carbocycles. The van der Waals surface area contributed by atoms with Gasteiger partial charge in [-0.1, -0.05) is 36.4 Å². The van der Waals surface area contributed by atoms with Crippen molar-refractivity contribution in [2.24, 2.45) is 5.73 Å². The molecule has 1 saturated heterocycles. The molecule has 0 unspecified atom stereocenters. The average molecular weight is 354 g/mol. The van der Waals surface area contributed by atoms with E-state index in [1.807, 2.05) is 23.1 Å². The molecule has 0 radical (unpaired) electrons. The number of fused-ring (bicyclic) bond motifs is 1. The molecule has 4 nitrogen and oxygen atoms in total. The minimum absolute atomic E-state index is 0.0685. The van der Waals surface area contributed by atoms with Gasteiger partial charge in [-0.3, -0.25) is 4.79 Å². The lowest BCUT2D eigenvalue weighted by molar-refractivity contribution is -0.150. The first-order valence-electron chi connectivity index (χ1n) is 9.16. The van der Waals surface area contributed by atoms with E-state index in [-0.39, 0.29) is 23.8 Å². The Hall–Kier alpha value is -2.24. The standard InChI is InChI=1S/C21H23FN2O2/c22-16-9-7-15(8-10-16)19-17-5-2-1-4-14(17)11-12-24(19)21(25)20-18(23)6-3-13-26-20/h1-2,4-5,7-10,18-20H,3,6,11-13,23H2/t18-,19-,20-/m0/s1. The number of rotatable bonds is 2. The zero-order valence-corrected chi connectivity index (χ0v) is 14.6. The van der Waals surface area contributed by atoms with E-state index < -0.39 is 6.10 Å². The molecule has 0 saturated carbocycles. The lowest BCUT2D eigenvalue weighted by Crippen LogP contribution is -2.54. The quantitative estimate of drug-likeness (QED) is 0.902. The Morgan fingerprint density at radius 3 is 2.69 bits per heavy atom. The van der Waals surface area contributed by atoms with Crippen molar-refractivity contribution in [1.82, 2.24) is 4.90 Å². The monoisotopic (exact) mass is 354 g/mol. The van der Waals surface area contributed by atoms with Crippen LogP contribution in [0.25, 0.3) is 0 Å². The van der Waals surface area contributed by atoms with Crippen LogP contribution >= 0.6 is 0 Å². The van der Waals surface area contributed by atoms with Gasteiger partial charge in [-0.2, -0.15) is 0 Å². The molecule has 1 fully saturated rings. The van der Waals surface area contributed by atoms with Crippen LogP contribution in [0.4, 0.5) is 4.39 Å². The summed E-state index contributed by atoms with van der Waals surface area (Å²) in [6.07, 6.45) is 1.87. The zero-order chi connectivity index (χ0) is 18.1. The van der Waals surface area contributed by atoms with Crippen LogP contribution in [-0.2, 0) is 16.0 Å². The smallest absolute Gasteiger partial charge is 0.254 e. The maximum absolute atomic E-state index is 13.4. The molecule has 0 aromatic heterocycles. The Kier molecular flexibility index (Phi) is 4.74. The zero-order valence-electron chi connectivity index (χ0n) is 14.6. The predicted molar refractivity (Wildman–Crippen MR) is 97.1 cm³/mol. The molecule has 5 heteroatoms. The molecule has 1 amide bonds. The second kappa shape index (κ2) is 7.17. The highest BCUT2D eigenvalue weighted by Gasteiger charge is 2.38. The van der Waals surface area contributed by atoms with Gasteiger partial charge in [0.25, 0.3) is 5.91 Å². The number of ether oxygens (including phenoxy) is 1. The minimum Gasteiger partial charge on any atom is -0.367 e. The van der Waals surface area contributed by atoms with E-state index in [1.165, 1.54) is 17.7 Å². The number of hydrogen-bond acceptors (Lipinski definition) is 3. The van der Waals surface area contributed by atoms with Gasteiger partial charge in [-0.15, -0.1) is 0 Å². The van der Waals surface area contributed by atoms with Crippen molar-refractivity contribution in [3.63, 3.8) is 0 Å². The molecule has 2 aromatic rings. The number of carbonyl (C=O) groups is 1. The molecule has 2 aromatic carbocycles. The Bertz CT molecular complexity index is 793. The highest BCUT2D eigenvalue weighted by atomic mass is 19.1. The van der Waals surface area contributed by atoms with Crippen LogP contribution in [0.2, 0.25) is 0 Å². The van der Waals surface area contributed by atoms with Gasteiger partial charge in [-0.05, 0) is 48.1 Å². The molecule has 0 spiro atoms. The van der Waals surface area contributed by atoms with E-state index >= 15 is 0 Å². The van der Waals surface area contributed by atoms with Crippen molar-refractivity contribution < 1.29 is 13.9 Å². The number of benzene rings is 2. The van der Waals surface area contributed by atoms with Gasteiger partial charge in [0.2, 0.25) is 0 Å². The van der Waals surface area contributed by atoms with Crippen LogP contribution in [0, 0.1) is 5.82 Å². The number of halogens is 1. The predicted octanol–water partition coefficient (Wildman–Crippen LogP) is 2.81. The van der Waals surface area contributed by atoms with Crippen LogP contribution < -0.4 is 5.73 Å². The Morgan fingerprint density at radius 1 is 1.15 bits per heavy atom. The summed E-state index contributed by atoms with van der Waals surface area (Å²) in [7, 11) is 0. The maximum Gasteiger partial charge on any atom is 0.254 e. The SMILES string of the molecule is N[C@H]1CCCO[C@@H]1C(=O)N1CCc2ccccc2[C@@H]1c1ccc(F)cc1. The normalized spacial score (nSPS) is 25.6. The second-order valence-electron chi connectivity index (χ2n) is 7.03. The summed E-state index contributed by atoms with van der Waals surface area (Å²) in [6.45, 7) is 1.17. The number of carbonyl (C=O) groups excluding carboxylic acids is 1. The molecular formula is C21H23FN2O2. The van der Waals surface area contributed by atoms with Gasteiger partial charge in [0.15, 0.2) is 6.10 Å². The maximum atomic E-state index is 13.4. The highest BCUT2D eigenvalue weighted by Crippen LogP contribution is 2.36. The summed E-state index contributed by atoms with van der Waals surface area (Å²) in [5.41, 5.74) is 9.37. The van der Waals surface area contributed by atoms with E-state index in [2.05, 4.69) is 6.07 Å². The van der Waals surface area contributed by atoms with Gasteiger partial charge in [-0.25, -0.2) is 4.39 Å². The second-order valence-corrected chi connectivity index (χ2v) is 7.03. The fraction of sp³-hybridized carbons (Fsp3) is 0.381. The molecule has 3 atom stereocenters. The summed E-state index contributed by atoms with van der Waals surface area (Å²) in [5, 5.41) is 0. The van der Waals surface area contributed by atoms with Crippen molar-refractivity contribution in [2.45, 2.75) is 37.5 Å². The van der Waals surface area contributed by atoms with Gasteiger partial charge in [0.05, 0.1) is 6.04 Å².